The van der Waals surface area contributed by atoms with Crippen molar-refractivity contribution in [2.75, 3.05) is 0 Å². The first-order valence-corrected chi connectivity index (χ1v) is 8.97. The fourth-order valence-corrected chi connectivity index (χ4v) is 3.61. The maximum Gasteiger partial charge on any atom is 0.248 e. The van der Waals surface area contributed by atoms with Gasteiger partial charge >= 0.3 is 0 Å². The molecule has 2 aromatic heterocycles. The van der Waals surface area contributed by atoms with Crippen molar-refractivity contribution in [3.8, 4) is 11.3 Å². The number of carbonyl (C=O) groups is 1. The van der Waals surface area contributed by atoms with Gasteiger partial charge < -0.3 is 5.73 Å². The number of amides is 1. The number of primary amides is 1. The van der Waals surface area contributed by atoms with Gasteiger partial charge in [0, 0.05) is 29.4 Å². The van der Waals surface area contributed by atoms with Crippen LogP contribution in [0.15, 0.2) is 36.8 Å². The fraction of sp³-hybridized carbons (Fsp3) is 0.300. The molecule has 2 aliphatic rings. The van der Waals surface area contributed by atoms with Crippen LogP contribution in [0.5, 0.6) is 0 Å². The molecule has 2 N–H and O–H groups in total. The lowest BCUT2D eigenvalue weighted by atomic mass is 9.89. The van der Waals surface area contributed by atoms with Gasteiger partial charge in [0.25, 0.3) is 0 Å². The highest BCUT2D eigenvalue weighted by atomic mass is 16.1. The minimum Gasteiger partial charge on any atom is -0.366 e. The summed E-state index contributed by atoms with van der Waals surface area (Å²) in [5, 5.41) is 4.76. The lowest BCUT2D eigenvalue weighted by Gasteiger charge is -2.15. The normalized spacial score (nSPS) is 15.4. The number of aromatic nitrogens is 4. The molecule has 2 aliphatic carbocycles. The first-order chi connectivity index (χ1) is 12.7. The monoisotopic (exact) mass is 345 g/mol. The quantitative estimate of drug-likeness (QED) is 0.787. The van der Waals surface area contributed by atoms with E-state index in [1.807, 2.05) is 29.2 Å². The Hall–Kier alpha value is -3.02. The Bertz CT molecular complexity index is 1000. The summed E-state index contributed by atoms with van der Waals surface area (Å²) in [6, 6.07) is 5.62. The molecule has 6 heteroatoms. The second-order valence-corrected chi connectivity index (χ2v) is 7.14. The highest BCUT2D eigenvalue weighted by Crippen LogP contribution is 2.38. The first kappa shape index (κ1) is 15.3. The molecule has 0 atom stereocenters. The van der Waals surface area contributed by atoms with E-state index in [1.54, 1.807) is 6.07 Å². The van der Waals surface area contributed by atoms with Gasteiger partial charge in [0.1, 0.15) is 0 Å². The van der Waals surface area contributed by atoms with Crippen molar-refractivity contribution in [3.63, 3.8) is 0 Å². The minimum atomic E-state index is -0.391. The van der Waals surface area contributed by atoms with Crippen LogP contribution >= 0.6 is 0 Å². The average Bonchev–Trinajstić information content (AvgIpc) is 3.41. The van der Waals surface area contributed by atoms with Crippen LogP contribution in [0.3, 0.4) is 0 Å². The van der Waals surface area contributed by atoms with Crippen molar-refractivity contribution < 1.29 is 4.79 Å². The predicted molar refractivity (Wildman–Crippen MR) is 96.7 cm³/mol. The van der Waals surface area contributed by atoms with Gasteiger partial charge in [0.2, 0.25) is 5.91 Å². The summed E-state index contributed by atoms with van der Waals surface area (Å²) in [7, 11) is 0. The Morgan fingerprint density at radius 2 is 2.00 bits per heavy atom. The fourth-order valence-electron chi connectivity index (χ4n) is 3.61. The third-order valence-corrected chi connectivity index (χ3v) is 5.19. The van der Waals surface area contributed by atoms with Crippen LogP contribution in [0.1, 0.15) is 51.6 Å². The number of benzene rings is 1. The van der Waals surface area contributed by atoms with Crippen molar-refractivity contribution in [3.05, 3.63) is 64.9 Å². The minimum absolute atomic E-state index is 0.391. The summed E-state index contributed by atoms with van der Waals surface area (Å²) in [5.41, 5.74) is 12.4. The van der Waals surface area contributed by atoms with Gasteiger partial charge in [-0.25, -0.2) is 0 Å². The van der Waals surface area contributed by atoms with E-state index in [-0.39, 0.29) is 0 Å². The number of aryl methyl sites for hydroxylation is 2. The van der Waals surface area contributed by atoms with Gasteiger partial charge in [-0.2, -0.15) is 5.10 Å². The van der Waals surface area contributed by atoms with Gasteiger partial charge in [0.15, 0.2) is 0 Å². The van der Waals surface area contributed by atoms with E-state index in [4.69, 9.17) is 10.8 Å². The first-order valence-electron chi connectivity index (χ1n) is 8.97. The number of hydrogen-bond acceptors (Lipinski definition) is 4. The topological polar surface area (TPSA) is 86.7 Å². The van der Waals surface area contributed by atoms with E-state index in [9.17, 15) is 4.79 Å². The summed E-state index contributed by atoms with van der Waals surface area (Å²) in [6.07, 6.45) is 10.1. The van der Waals surface area contributed by atoms with Gasteiger partial charge in [-0.3, -0.25) is 19.4 Å². The van der Waals surface area contributed by atoms with E-state index in [0.717, 1.165) is 41.1 Å². The molecule has 0 spiro atoms. The van der Waals surface area contributed by atoms with E-state index < -0.39 is 5.91 Å². The molecule has 3 aromatic rings. The second-order valence-electron chi connectivity index (χ2n) is 7.14. The molecular formula is C20H19N5O. The molecule has 0 saturated heterocycles. The molecule has 1 fully saturated rings. The van der Waals surface area contributed by atoms with Crippen molar-refractivity contribution >= 4 is 5.91 Å². The predicted octanol–water partition coefficient (Wildman–Crippen LogP) is 2.46. The Kier molecular flexibility index (Phi) is 3.38. The maximum absolute atomic E-state index is 11.4. The van der Waals surface area contributed by atoms with E-state index in [1.165, 1.54) is 18.4 Å². The molecule has 1 amide bonds. The highest BCUT2D eigenvalue weighted by Gasteiger charge is 2.25. The summed E-state index contributed by atoms with van der Waals surface area (Å²) in [5.74, 6) is 0.229. The molecule has 130 valence electrons. The Morgan fingerprint density at radius 1 is 1.15 bits per heavy atom. The number of carbonyl (C=O) groups excluding carboxylic acids is 1. The van der Waals surface area contributed by atoms with Crippen LogP contribution in [0.25, 0.3) is 11.3 Å². The summed E-state index contributed by atoms with van der Waals surface area (Å²) >= 11 is 0. The molecule has 5 rings (SSSR count). The molecule has 2 heterocycles. The summed E-state index contributed by atoms with van der Waals surface area (Å²) < 4.78 is 1.93. The smallest absolute Gasteiger partial charge is 0.248 e. The van der Waals surface area contributed by atoms with Crippen molar-refractivity contribution in [2.45, 2.75) is 38.1 Å². The number of nitrogens with zero attached hydrogens (tertiary/aromatic N) is 4. The van der Waals surface area contributed by atoms with Crippen LogP contribution in [-0.2, 0) is 19.4 Å². The SMILES string of the molecule is NC(=O)c1ccc2c(c1)CCc1cn(Cc3cnc(C4CC4)cn3)nc1-2. The lowest BCUT2D eigenvalue weighted by Crippen LogP contribution is -2.12. The van der Waals surface area contributed by atoms with E-state index in [2.05, 4.69) is 16.2 Å². The summed E-state index contributed by atoms with van der Waals surface area (Å²) in [6.45, 7) is 0.611. The van der Waals surface area contributed by atoms with Gasteiger partial charge in [-0.05, 0) is 48.9 Å². The zero-order valence-corrected chi connectivity index (χ0v) is 14.4. The largest absolute Gasteiger partial charge is 0.366 e. The van der Waals surface area contributed by atoms with E-state index >= 15 is 0 Å². The third kappa shape index (κ3) is 2.67. The number of rotatable bonds is 4. The molecule has 6 nitrogen and oxygen atoms in total. The molecule has 1 aromatic carbocycles. The zero-order chi connectivity index (χ0) is 17.7. The lowest BCUT2D eigenvalue weighted by molar-refractivity contribution is 0.1000. The molecular weight excluding hydrogens is 326 g/mol. The number of fused-ring (bicyclic) bond motifs is 3. The van der Waals surface area contributed by atoms with Crippen LogP contribution in [0.2, 0.25) is 0 Å². The van der Waals surface area contributed by atoms with Crippen LogP contribution in [0.4, 0.5) is 0 Å². The van der Waals surface area contributed by atoms with Crippen molar-refractivity contribution in [1.29, 1.82) is 0 Å². The van der Waals surface area contributed by atoms with Gasteiger partial charge in [-0.1, -0.05) is 6.07 Å². The Balaban J connectivity index is 1.42. The molecule has 0 aliphatic heterocycles. The molecule has 0 radical (unpaired) electrons. The van der Waals surface area contributed by atoms with Crippen LogP contribution in [-0.4, -0.2) is 25.7 Å². The highest BCUT2D eigenvalue weighted by molar-refractivity contribution is 5.93. The number of nitrogens with two attached hydrogens (primary N) is 1. The third-order valence-electron chi connectivity index (χ3n) is 5.19. The van der Waals surface area contributed by atoms with Crippen molar-refractivity contribution in [2.24, 2.45) is 5.73 Å². The molecule has 26 heavy (non-hydrogen) atoms. The second kappa shape index (κ2) is 5.76. The molecule has 0 bridgehead atoms. The number of hydrogen-bond donors (Lipinski definition) is 1. The van der Waals surface area contributed by atoms with E-state index in [0.29, 0.717) is 18.0 Å². The maximum atomic E-state index is 11.4. The summed E-state index contributed by atoms with van der Waals surface area (Å²) in [4.78, 5) is 20.5. The Morgan fingerprint density at radius 3 is 2.73 bits per heavy atom. The standard InChI is InChI=1S/C20H19N5O/c21-20(26)14-5-6-17-13(7-14)3-4-15-10-25(24-19(15)17)11-16-8-23-18(9-22-16)12-1-2-12/h5-10,12H,1-4,11H2,(H2,21,26). The van der Waals surface area contributed by atoms with Gasteiger partial charge in [0.05, 0.1) is 29.8 Å². The average molecular weight is 345 g/mol. The van der Waals surface area contributed by atoms with Crippen LogP contribution < -0.4 is 5.73 Å². The molecule has 1 saturated carbocycles. The van der Waals surface area contributed by atoms with Crippen molar-refractivity contribution in [1.82, 2.24) is 19.7 Å². The molecule has 0 unspecified atom stereocenters. The Labute approximate surface area is 151 Å². The van der Waals surface area contributed by atoms with Gasteiger partial charge in [-0.15, -0.1) is 0 Å². The zero-order valence-electron chi connectivity index (χ0n) is 14.4. The van der Waals surface area contributed by atoms with Crippen LogP contribution in [0, 0.1) is 0 Å².